The zero-order valence-corrected chi connectivity index (χ0v) is 9.96. The van der Waals surface area contributed by atoms with E-state index in [0.717, 1.165) is 12.8 Å². The second kappa shape index (κ2) is 6.43. The van der Waals surface area contributed by atoms with Crippen LogP contribution in [0.15, 0.2) is 0 Å². The molecule has 0 N–H and O–H groups in total. The first-order valence-electron chi connectivity index (χ1n) is 5.24. The Morgan fingerprint density at radius 1 is 1.20 bits per heavy atom. The standard InChI is InChI=1S/C11H20O4/c1-5-11(3,6-2)10(13)15-8-7-9(12)14-4/h5-8H2,1-4H3. The molecular formula is C11H20O4. The van der Waals surface area contributed by atoms with Crippen LogP contribution >= 0.6 is 0 Å². The zero-order valence-electron chi connectivity index (χ0n) is 9.96. The normalized spacial score (nSPS) is 10.9. The van der Waals surface area contributed by atoms with Gasteiger partial charge in [-0.25, -0.2) is 0 Å². The molecule has 0 fully saturated rings. The van der Waals surface area contributed by atoms with Crippen molar-refractivity contribution in [1.29, 1.82) is 0 Å². The summed E-state index contributed by atoms with van der Waals surface area (Å²) >= 11 is 0. The molecule has 4 nitrogen and oxygen atoms in total. The molecule has 0 amide bonds. The van der Waals surface area contributed by atoms with E-state index in [9.17, 15) is 9.59 Å². The van der Waals surface area contributed by atoms with Crippen LogP contribution in [0, 0.1) is 5.41 Å². The van der Waals surface area contributed by atoms with Crippen molar-refractivity contribution in [3.63, 3.8) is 0 Å². The zero-order chi connectivity index (χ0) is 11.9. The highest BCUT2D eigenvalue weighted by Gasteiger charge is 2.30. The van der Waals surface area contributed by atoms with Crippen LogP contribution in [0.2, 0.25) is 0 Å². The molecule has 0 aromatic carbocycles. The SMILES string of the molecule is CCC(C)(CC)C(=O)OCCC(=O)OC. The Hall–Kier alpha value is -1.06. The summed E-state index contributed by atoms with van der Waals surface area (Å²) in [5.41, 5.74) is -0.434. The predicted octanol–water partition coefficient (Wildman–Crippen LogP) is 1.92. The number of esters is 2. The minimum absolute atomic E-state index is 0.0983. The molecule has 0 heterocycles. The lowest BCUT2D eigenvalue weighted by Gasteiger charge is -2.23. The molecule has 15 heavy (non-hydrogen) atoms. The molecule has 0 spiro atoms. The van der Waals surface area contributed by atoms with Gasteiger partial charge in [-0.15, -0.1) is 0 Å². The van der Waals surface area contributed by atoms with E-state index >= 15 is 0 Å². The van der Waals surface area contributed by atoms with Crippen molar-refractivity contribution < 1.29 is 19.1 Å². The van der Waals surface area contributed by atoms with E-state index < -0.39 is 5.41 Å². The fraction of sp³-hybridized carbons (Fsp3) is 0.818. The Morgan fingerprint density at radius 2 is 1.73 bits per heavy atom. The minimum atomic E-state index is -0.434. The molecule has 0 saturated carbocycles. The molecule has 0 aliphatic heterocycles. The first-order chi connectivity index (χ1) is 7.00. The highest BCUT2D eigenvalue weighted by atomic mass is 16.5. The van der Waals surface area contributed by atoms with Gasteiger partial charge in [-0.3, -0.25) is 9.59 Å². The number of hydrogen-bond acceptors (Lipinski definition) is 4. The Bertz CT molecular complexity index is 219. The molecule has 0 aliphatic carbocycles. The highest BCUT2D eigenvalue weighted by Crippen LogP contribution is 2.26. The molecular weight excluding hydrogens is 196 g/mol. The molecule has 4 heteroatoms. The van der Waals surface area contributed by atoms with Gasteiger partial charge in [-0.1, -0.05) is 13.8 Å². The fourth-order valence-corrected chi connectivity index (χ4v) is 1.04. The number of rotatable bonds is 6. The van der Waals surface area contributed by atoms with Gasteiger partial charge in [0.2, 0.25) is 0 Å². The average molecular weight is 216 g/mol. The van der Waals surface area contributed by atoms with Gasteiger partial charge in [0.1, 0.15) is 6.61 Å². The van der Waals surface area contributed by atoms with Gasteiger partial charge < -0.3 is 9.47 Å². The quantitative estimate of drug-likeness (QED) is 0.636. The summed E-state index contributed by atoms with van der Waals surface area (Å²) in [7, 11) is 1.31. The van der Waals surface area contributed by atoms with Crippen molar-refractivity contribution in [3.8, 4) is 0 Å². The summed E-state index contributed by atoms with van der Waals surface area (Å²) in [6, 6.07) is 0. The number of methoxy groups -OCH3 is 1. The molecule has 0 radical (unpaired) electrons. The molecule has 0 aliphatic rings. The molecule has 0 aromatic rings. The van der Waals surface area contributed by atoms with E-state index in [1.54, 1.807) is 0 Å². The largest absolute Gasteiger partial charge is 0.469 e. The van der Waals surface area contributed by atoms with Crippen LogP contribution in [0.3, 0.4) is 0 Å². The second-order valence-corrected chi connectivity index (χ2v) is 3.73. The van der Waals surface area contributed by atoms with E-state index in [1.807, 2.05) is 20.8 Å². The molecule has 0 rings (SSSR count). The van der Waals surface area contributed by atoms with Crippen LogP contribution in [-0.2, 0) is 19.1 Å². The number of carbonyl (C=O) groups excluding carboxylic acids is 2. The van der Waals surface area contributed by atoms with Crippen LogP contribution < -0.4 is 0 Å². The third-order valence-electron chi connectivity index (χ3n) is 2.82. The van der Waals surface area contributed by atoms with Crippen molar-refractivity contribution in [2.45, 2.75) is 40.0 Å². The van der Waals surface area contributed by atoms with E-state index in [0.29, 0.717) is 0 Å². The van der Waals surface area contributed by atoms with E-state index in [2.05, 4.69) is 4.74 Å². The summed E-state index contributed by atoms with van der Waals surface area (Å²) in [5, 5.41) is 0. The maximum absolute atomic E-state index is 11.6. The molecule has 0 unspecified atom stereocenters. The van der Waals surface area contributed by atoms with Crippen molar-refractivity contribution in [3.05, 3.63) is 0 Å². The Morgan fingerprint density at radius 3 is 2.13 bits per heavy atom. The smallest absolute Gasteiger partial charge is 0.311 e. The lowest BCUT2D eigenvalue weighted by atomic mass is 9.85. The van der Waals surface area contributed by atoms with Crippen LogP contribution in [0.1, 0.15) is 40.0 Å². The average Bonchev–Trinajstić information content (AvgIpc) is 2.27. The predicted molar refractivity (Wildman–Crippen MR) is 56.3 cm³/mol. The summed E-state index contributed by atoms with van der Waals surface area (Å²) < 4.78 is 9.46. The number of ether oxygens (including phenoxy) is 2. The molecule has 0 aromatic heterocycles. The van der Waals surface area contributed by atoms with Gasteiger partial charge in [-0.05, 0) is 19.8 Å². The van der Waals surface area contributed by atoms with Gasteiger partial charge in [0, 0.05) is 0 Å². The fourth-order valence-electron chi connectivity index (χ4n) is 1.04. The van der Waals surface area contributed by atoms with Crippen molar-refractivity contribution in [2.24, 2.45) is 5.41 Å². The summed E-state index contributed by atoms with van der Waals surface area (Å²) in [4.78, 5) is 22.4. The molecule has 0 saturated heterocycles. The lowest BCUT2D eigenvalue weighted by molar-refractivity contribution is -0.157. The maximum atomic E-state index is 11.6. The van der Waals surface area contributed by atoms with Gasteiger partial charge in [0.05, 0.1) is 18.9 Å². The van der Waals surface area contributed by atoms with Crippen LogP contribution in [-0.4, -0.2) is 25.7 Å². The third kappa shape index (κ3) is 4.32. The lowest BCUT2D eigenvalue weighted by Crippen LogP contribution is -2.29. The topological polar surface area (TPSA) is 52.6 Å². The maximum Gasteiger partial charge on any atom is 0.311 e. The first-order valence-corrected chi connectivity index (χ1v) is 5.24. The summed E-state index contributed by atoms with van der Waals surface area (Å²) in [6.45, 7) is 5.87. The summed E-state index contributed by atoms with van der Waals surface area (Å²) in [5.74, 6) is -0.603. The Kier molecular flexibility index (Phi) is 5.97. The van der Waals surface area contributed by atoms with Gasteiger partial charge >= 0.3 is 11.9 Å². The van der Waals surface area contributed by atoms with E-state index in [-0.39, 0.29) is 25.0 Å². The van der Waals surface area contributed by atoms with Crippen LogP contribution in [0.5, 0.6) is 0 Å². The molecule has 0 bridgehead atoms. The number of carbonyl (C=O) groups is 2. The van der Waals surface area contributed by atoms with Gasteiger partial charge in [0.25, 0.3) is 0 Å². The third-order valence-corrected chi connectivity index (χ3v) is 2.82. The van der Waals surface area contributed by atoms with Crippen LogP contribution in [0.25, 0.3) is 0 Å². The van der Waals surface area contributed by atoms with Crippen molar-refractivity contribution >= 4 is 11.9 Å². The summed E-state index contributed by atoms with van der Waals surface area (Å²) in [6.07, 6.45) is 1.59. The van der Waals surface area contributed by atoms with Gasteiger partial charge in [-0.2, -0.15) is 0 Å². The first kappa shape index (κ1) is 13.9. The van der Waals surface area contributed by atoms with E-state index in [4.69, 9.17) is 4.74 Å². The second-order valence-electron chi connectivity index (χ2n) is 3.73. The Labute approximate surface area is 90.9 Å². The number of hydrogen-bond donors (Lipinski definition) is 0. The van der Waals surface area contributed by atoms with E-state index in [1.165, 1.54) is 7.11 Å². The van der Waals surface area contributed by atoms with Gasteiger partial charge in [0.15, 0.2) is 0 Å². The molecule has 0 atom stereocenters. The minimum Gasteiger partial charge on any atom is -0.469 e. The monoisotopic (exact) mass is 216 g/mol. The highest BCUT2D eigenvalue weighted by molar-refractivity contribution is 5.76. The van der Waals surface area contributed by atoms with Crippen molar-refractivity contribution in [1.82, 2.24) is 0 Å². The van der Waals surface area contributed by atoms with Crippen LogP contribution in [0.4, 0.5) is 0 Å². The van der Waals surface area contributed by atoms with Crippen molar-refractivity contribution in [2.75, 3.05) is 13.7 Å². The Balaban J connectivity index is 3.98. The molecule has 88 valence electrons.